The van der Waals surface area contributed by atoms with Gasteiger partial charge in [0.05, 0.1) is 5.56 Å². The Kier molecular flexibility index (Phi) is 5.80. The molecule has 2 aromatic rings. The number of carbonyl (C=O) groups is 1. The second-order valence-electron chi connectivity index (χ2n) is 5.69. The van der Waals surface area contributed by atoms with Crippen molar-refractivity contribution in [2.45, 2.75) is 31.8 Å². The van der Waals surface area contributed by atoms with Gasteiger partial charge in [0.2, 0.25) is 0 Å². The zero-order valence-electron chi connectivity index (χ0n) is 12.8. The summed E-state index contributed by atoms with van der Waals surface area (Å²) in [5.41, 5.74) is 0.358. The Bertz CT molecular complexity index is 674. The Labute approximate surface area is 140 Å². The zero-order valence-corrected chi connectivity index (χ0v) is 13.7. The van der Waals surface area contributed by atoms with Crippen LogP contribution >= 0.6 is 12.4 Å². The van der Waals surface area contributed by atoms with Crippen LogP contribution in [0.25, 0.3) is 11.3 Å². The van der Waals surface area contributed by atoms with Gasteiger partial charge in [-0.2, -0.15) is 0 Å². The van der Waals surface area contributed by atoms with Gasteiger partial charge in [-0.3, -0.25) is 4.79 Å². The monoisotopic (exact) mass is 338 g/mol. The first-order valence-electron chi connectivity index (χ1n) is 7.52. The summed E-state index contributed by atoms with van der Waals surface area (Å²) in [6.07, 6.45) is 1.80. The molecule has 0 radical (unpaired) electrons. The highest BCUT2D eigenvalue weighted by atomic mass is 35.5. The molecule has 2 heterocycles. The molecule has 0 aliphatic carbocycles. The predicted octanol–water partition coefficient (Wildman–Crippen LogP) is 3.38. The lowest BCUT2D eigenvalue weighted by molar-refractivity contribution is 0.0898. The molecule has 1 aromatic carbocycles. The molecule has 1 saturated heterocycles. The normalized spacial score (nSPS) is 20.6. The van der Waals surface area contributed by atoms with E-state index in [1.807, 2.05) is 0 Å². The molecule has 6 heteroatoms. The minimum absolute atomic E-state index is 0. The van der Waals surface area contributed by atoms with Crippen LogP contribution in [0.3, 0.4) is 0 Å². The van der Waals surface area contributed by atoms with Crippen molar-refractivity contribution in [1.29, 1.82) is 0 Å². The molecule has 2 unspecified atom stereocenters. The maximum absolute atomic E-state index is 13.7. The molecule has 3 rings (SSSR count). The van der Waals surface area contributed by atoms with Crippen LogP contribution in [0.1, 0.15) is 30.3 Å². The summed E-state index contributed by atoms with van der Waals surface area (Å²) in [5, 5.41) is 6.32. The molecular weight excluding hydrogens is 319 g/mol. The third-order valence-electron chi connectivity index (χ3n) is 3.93. The van der Waals surface area contributed by atoms with Crippen LogP contribution in [-0.2, 0) is 0 Å². The molecule has 4 nitrogen and oxygen atoms in total. The number of carbonyl (C=O) groups excluding carboxylic acids is 1. The number of nitrogens with one attached hydrogen (secondary N) is 2. The van der Waals surface area contributed by atoms with Crippen molar-refractivity contribution in [3.63, 3.8) is 0 Å². The van der Waals surface area contributed by atoms with E-state index < -0.39 is 0 Å². The molecule has 2 N–H and O–H groups in total. The first-order chi connectivity index (χ1) is 10.6. The van der Waals surface area contributed by atoms with Gasteiger partial charge in [0.15, 0.2) is 5.76 Å². The molecule has 0 saturated carbocycles. The molecule has 2 atom stereocenters. The molecule has 1 fully saturated rings. The Hall–Kier alpha value is -1.85. The van der Waals surface area contributed by atoms with E-state index in [-0.39, 0.29) is 35.9 Å². The number of hydrogen-bond acceptors (Lipinski definition) is 3. The van der Waals surface area contributed by atoms with Crippen LogP contribution in [0, 0.1) is 5.82 Å². The van der Waals surface area contributed by atoms with E-state index in [4.69, 9.17) is 4.42 Å². The highest BCUT2D eigenvalue weighted by molar-refractivity contribution is 5.92. The second kappa shape index (κ2) is 7.62. The summed E-state index contributed by atoms with van der Waals surface area (Å²) in [6.45, 7) is 2.99. The summed E-state index contributed by atoms with van der Waals surface area (Å²) < 4.78 is 19.2. The van der Waals surface area contributed by atoms with Crippen molar-refractivity contribution in [2.24, 2.45) is 0 Å². The number of hydrogen-bond donors (Lipinski definition) is 2. The molecule has 23 heavy (non-hydrogen) atoms. The van der Waals surface area contributed by atoms with Crippen LogP contribution in [0.2, 0.25) is 0 Å². The van der Waals surface area contributed by atoms with Crippen molar-refractivity contribution < 1.29 is 13.6 Å². The highest BCUT2D eigenvalue weighted by Gasteiger charge is 2.22. The number of amides is 1. The van der Waals surface area contributed by atoms with Gasteiger partial charge in [-0.25, -0.2) is 4.39 Å². The van der Waals surface area contributed by atoms with Crippen molar-refractivity contribution in [1.82, 2.24) is 10.6 Å². The first-order valence-corrected chi connectivity index (χ1v) is 7.52. The highest BCUT2D eigenvalue weighted by Crippen LogP contribution is 2.24. The minimum atomic E-state index is -0.365. The summed E-state index contributed by atoms with van der Waals surface area (Å²) >= 11 is 0. The predicted molar refractivity (Wildman–Crippen MR) is 89.3 cm³/mol. The summed E-state index contributed by atoms with van der Waals surface area (Å²) in [5.74, 6) is -0.0379. The van der Waals surface area contributed by atoms with E-state index in [0.717, 1.165) is 19.4 Å². The zero-order chi connectivity index (χ0) is 15.5. The van der Waals surface area contributed by atoms with Crippen LogP contribution in [0.4, 0.5) is 4.39 Å². The van der Waals surface area contributed by atoms with E-state index in [1.54, 1.807) is 30.3 Å². The van der Waals surface area contributed by atoms with E-state index in [0.29, 0.717) is 17.4 Å². The fourth-order valence-corrected chi connectivity index (χ4v) is 2.79. The number of piperidine rings is 1. The van der Waals surface area contributed by atoms with Crippen LogP contribution in [0.15, 0.2) is 40.8 Å². The summed E-state index contributed by atoms with van der Waals surface area (Å²) in [4.78, 5) is 12.2. The van der Waals surface area contributed by atoms with Crippen molar-refractivity contribution in [3.05, 3.63) is 48.0 Å². The van der Waals surface area contributed by atoms with Gasteiger partial charge in [0.1, 0.15) is 11.6 Å². The molecule has 124 valence electrons. The maximum atomic E-state index is 13.7. The molecule has 0 bridgehead atoms. The van der Waals surface area contributed by atoms with Crippen molar-refractivity contribution >= 4 is 18.3 Å². The van der Waals surface area contributed by atoms with Crippen molar-refractivity contribution in [3.8, 4) is 11.3 Å². The largest absolute Gasteiger partial charge is 0.451 e. The lowest BCUT2D eigenvalue weighted by atomic mass is 10.0. The SMILES string of the molecule is CC1CC(NC(=O)c2ccc(-c3ccccc3F)o2)CCN1.Cl. The first kappa shape index (κ1) is 17.5. The summed E-state index contributed by atoms with van der Waals surface area (Å²) in [6, 6.07) is 10.1. The number of benzene rings is 1. The molecule has 1 amide bonds. The number of rotatable bonds is 3. The average Bonchev–Trinajstić information content (AvgIpc) is 2.97. The van der Waals surface area contributed by atoms with Gasteiger partial charge in [0.25, 0.3) is 5.91 Å². The minimum Gasteiger partial charge on any atom is -0.451 e. The van der Waals surface area contributed by atoms with Gasteiger partial charge in [-0.1, -0.05) is 12.1 Å². The Morgan fingerprint density at radius 2 is 2.09 bits per heavy atom. The molecular formula is C17H20ClFN2O2. The molecule has 1 aromatic heterocycles. The third kappa shape index (κ3) is 4.12. The molecule has 1 aliphatic rings. The van der Waals surface area contributed by atoms with E-state index in [1.165, 1.54) is 6.07 Å². The van der Waals surface area contributed by atoms with Crippen LogP contribution in [0.5, 0.6) is 0 Å². The summed E-state index contributed by atoms with van der Waals surface area (Å²) in [7, 11) is 0. The molecule has 1 aliphatic heterocycles. The fourth-order valence-electron chi connectivity index (χ4n) is 2.79. The molecule has 0 spiro atoms. The average molecular weight is 339 g/mol. The van der Waals surface area contributed by atoms with E-state index in [9.17, 15) is 9.18 Å². The second-order valence-corrected chi connectivity index (χ2v) is 5.69. The third-order valence-corrected chi connectivity index (χ3v) is 3.93. The van der Waals surface area contributed by atoms with Gasteiger partial charge in [-0.15, -0.1) is 12.4 Å². The maximum Gasteiger partial charge on any atom is 0.287 e. The fraction of sp³-hybridized carbons (Fsp3) is 0.353. The lowest BCUT2D eigenvalue weighted by Crippen LogP contribution is -2.46. The smallest absolute Gasteiger partial charge is 0.287 e. The van der Waals surface area contributed by atoms with Gasteiger partial charge in [0, 0.05) is 12.1 Å². The quantitative estimate of drug-likeness (QED) is 0.902. The van der Waals surface area contributed by atoms with Crippen LogP contribution < -0.4 is 10.6 Å². The van der Waals surface area contributed by atoms with Crippen LogP contribution in [-0.4, -0.2) is 24.5 Å². The van der Waals surface area contributed by atoms with E-state index >= 15 is 0 Å². The van der Waals surface area contributed by atoms with Gasteiger partial charge < -0.3 is 15.1 Å². The number of halogens is 2. The van der Waals surface area contributed by atoms with Gasteiger partial charge in [-0.05, 0) is 50.6 Å². The Morgan fingerprint density at radius 1 is 1.30 bits per heavy atom. The Balaban J connectivity index is 0.00000192. The lowest BCUT2D eigenvalue weighted by Gasteiger charge is -2.28. The standard InChI is InChI=1S/C17H19FN2O2.ClH/c1-11-10-12(8-9-19-11)20-17(21)16-7-6-15(22-16)13-4-2-3-5-14(13)18;/h2-7,11-12,19H,8-10H2,1H3,(H,20,21);1H. The Morgan fingerprint density at radius 3 is 2.83 bits per heavy atom. The number of furan rings is 1. The van der Waals surface area contributed by atoms with Gasteiger partial charge >= 0.3 is 0 Å². The topological polar surface area (TPSA) is 54.3 Å². The van der Waals surface area contributed by atoms with Crippen molar-refractivity contribution in [2.75, 3.05) is 6.54 Å². The van der Waals surface area contributed by atoms with E-state index in [2.05, 4.69) is 17.6 Å².